The van der Waals surface area contributed by atoms with Gasteiger partial charge in [-0.25, -0.2) is 4.79 Å². The van der Waals surface area contributed by atoms with E-state index in [1.165, 1.54) is 31.4 Å². The Hall–Kier alpha value is -3.58. The van der Waals surface area contributed by atoms with Crippen LogP contribution in [0.1, 0.15) is 40.0 Å². The number of rotatable bonds is 4. The smallest absolute Gasteiger partial charge is 0.405 e. The van der Waals surface area contributed by atoms with Crippen molar-refractivity contribution in [3.8, 4) is 0 Å². The predicted octanol–water partition coefficient (Wildman–Crippen LogP) is 1.80. The molecule has 1 saturated heterocycles. The van der Waals surface area contributed by atoms with Crippen LogP contribution in [0.5, 0.6) is 0 Å². The number of ether oxygens (including phenoxy) is 4. The Morgan fingerprint density at radius 1 is 1.16 bits per heavy atom. The van der Waals surface area contributed by atoms with Crippen LogP contribution in [0.25, 0.3) is 0 Å². The average Bonchev–Trinajstić information content (AvgIpc) is 2.92. The molecule has 2 amide bonds. The number of amides is 2. The van der Waals surface area contributed by atoms with Gasteiger partial charge in [0.15, 0.2) is 12.4 Å². The van der Waals surface area contributed by atoms with Gasteiger partial charge in [0.2, 0.25) is 11.6 Å². The lowest BCUT2D eigenvalue weighted by Crippen LogP contribution is -2.47. The van der Waals surface area contributed by atoms with Gasteiger partial charge in [-0.15, -0.1) is 0 Å². The lowest BCUT2D eigenvalue weighted by atomic mass is 9.83. The number of aliphatic hydroxyl groups excluding tert-OH is 1. The summed E-state index contributed by atoms with van der Waals surface area (Å²) in [5.74, 6) is -1.70. The van der Waals surface area contributed by atoms with Crippen molar-refractivity contribution in [1.82, 2.24) is 10.2 Å². The van der Waals surface area contributed by atoms with Crippen LogP contribution in [0.15, 0.2) is 58.5 Å². The van der Waals surface area contributed by atoms with E-state index < -0.39 is 48.5 Å². The van der Waals surface area contributed by atoms with Gasteiger partial charge in [0.1, 0.15) is 6.10 Å². The molecular formula is C31H41N3O9. The molecule has 0 radical (unpaired) electrons. The van der Waals surface area contributed by atoms with Crippen molar-refractivity contribution in [2.45, 2.75) is 70.7 Å². The Morgan fingerprint density at radius 2 is 1.88 bits per heavy atom. The summed E-state index contributed by atoms with van der Waals surface area (Å²) in [6.45, 7) is 6.75. The van der Waals surface area contributed by atoms with Gasteiger partial charge in [-0.1, -0.05) is 38.2 Å². The van der Waals surface area contributed by atoms with Gasteiger partial charge < -0.3 is 40.0 Å². The van der Waals surface area contributed by atoms with Gasteiger partial charge in [0.25, 0.3) is 5.91 Å². The van der Waals surface area contributed by atoms with Crippen LogP contribution in [0.2, 0.25) is 0 Å². The largest absolute Gasteiger partial charge is 0.439 e. The third-order valence-corrected chi connectivity index (χ3v) is 8.28. The fourth-order valence-corrected chi connectivity index (χ4v) is 5.90. The maximum Gasteiger partial charge on any atom is 0.405 e. The molecule has 0 saturated carbocycles. The number of nitrogens with one attached hydrogen (secondary N) is 1. The van der Waals surface area contributed by atoms with Crippen molar-refractivity contribution in [1.29, 1.82) is 0 Å². The number of aliphatic hydroxyl groups is 1. The maximum absolute atomic E-state index is 13.7. The third-order valence-electron chi connectivity index (χ3n) is 8.28. The van der Waals surface area contributed by atoms with Crippen LogP contribution in [0.4, 0.5) is 4.79 Å². The van der Waals surface area contributed by atoms with Crippen molar-refractivity contribution in [2.24, 2.45) is 17.6 Å². The number of likely N-dealkylation sites (tertiary alicyclic amines) is 1. The summed E-state index contributed by atoms with van der Waals surface area (Å²) in [6, 6.07) is 0. The molecule has 1 aliphatic carbocycles. The van der Waals surface area contributed by atoms with Crippen LogP contribution in [-0.2, 0) is 33.3 Å². The summed E-state index contributed by atoms with van der Waals surface area (Å²) in [4.78, 5) is 53.8. The van der Waals surface area contributed by atoms with Gasteiger partial charge in [-0.05, 0) is 32.1 Å². The Balaban J connectivity index is 1.77. The molecule has 0 aromatic carbocycles. The van der Waals surface area contributed by atoms with E-state index in [0.717, 1.165) is 6.42 Å². The lowest BCUT2D eigenvalue weighted by molar-refractivity contribution is -0.182. The van der Waals surface area contributed by atoms with E-state index in [1.54, 1.807) is 20.1 Å². The van der Waals surface area contributed by atoms with E-state index in [9.17, 15) is 24.3 Å². The quantitative estimate of drug-likeness (QED) is 0.320. The van der Waals surface area contributed by atoms with Crippen molar-refractivity contribution in [3.63, 3.8) is 0 Å². The summed E-state index contributed by atoms with van der Waals surface area (Å²) in [5.41, 5.74) is 6.53. The number of carbonyl (C=O) groups excluding carboxylic acids is 4. The summed E-state index contributed by atoms with van der Waals surface area (Å²) in [5, 5.41) is 13.7. The number of nitrogens with two attached hydrogens (primary N) is 1. The normalized spacial score (nSPS) is 34.5. The van der Waals surface area contributed by atoms with E-state index in [1.807, 2.05) is 18.7 Å². The molecule has 234 valence electrons. The first-order valence-corrected chi connectivity index (χ1v) is 14.5. The molecule has 5 rings (SSSR count). The molecule has 4 N–H and O–H groups in total. The molecule has 0 spiro atoms. The van der Waals surface area contributed by atoms with Gasteiger partial charge in [-0.3, -0.25) is 14.4 Å². The fourth-order valence-electron chi connectivity index (χ4n) is 5.90. The molecule has 3 unspecified atom stereocenters. The first-order chi connectivity index (χ1) is 20.4. The summed E-state index contributed by atoms with van der Waals surface area (Å²) in [6.07, 6.45) is 3.53. The molecular weight excluding hydrogens is 558 g/mol. The molecule has 4 bridgehead atoms. The van der Waals surface area contributed by atoms with Crippen LogP contribution in [0.3, 0.4) is 0 Å². The second kappa shape index (κ2) is 13.8. The molecule has 12 heteroatoms. The number of hydrogen-bond acceptors (Lipinski definition) is 10. The van der Waals surface area contributed by atoms with Crippen molar-refractivity contribution < 1.29 is 43.2 Å². The van der Waals surface area contributed by atoms with Crippen molar-refractivity contribution in [3.05, 3.63) is 58.5 Å². The molecule has 4 aliphatic heterocycles. The highest BCUT2D eigenvalue weighted by molar-refractivity contribution is 6.23. The van der Waals surface area contributed by atoms with E-state index >= 15 is 0 Å². The molecule has 5 aliphatic rings. The van der Waals surface area contributed by atoms with E-state index in [2.05, 4.69) is 5.32 Å². The van der Waals surface area contributed by atoms with Crippen LogP contribution in [0, 0.1) is 11.8 Å². The van der Waals surface area contributed by atoms with Crippen LogP contribution in [-0.4, -0.2) is 91.6 Å². The number of carbonyl (C=O) groups is 4. The van der Waals surface area contributed by atoms with E-state index in [0.29, 0.717) is 30.8 Å². The molecule has 1 fully saturated rings. The molecule has 0 aromatic rings. The van der Waals surface area contributed by atoms with Gasteiger partial charge in [-0.2, -0.15) is 0 Å². The molecule has 43 heavy (non-hydrogen) atoms. The number of primary amides is 1. The Bertz CT molecular complexity index is 1290. The Kier molecular flexibility index (Phi) is 10.4. The average molecular weight is 600 g/mol. The molecule has 7 atom stereocenters. The zero-order valence-electron chi connectivity index (χ0n) is 25.2. The number of methoxy groups -OCH3 is 2. The number of fused-ring (bicyclic) bond motifs is 10. The van der Waals surface area contributed by atoms with Crippen molar-refractivity contribution in [2.75, 3.05) is 27.3 Å². The highest BCUT2D eigenvalue weighted by Crippen LogP contribution is 2.35. The summed E-state index contributed by atoms with van der Waals surface area (Å²) in [7, 11) is 2.94. The Labute approximate surface area is 251 Å². The number of hydrogen-bond donors (Lipinski definition) is 3. The highest BCUT2D eigenvalue weighted by atomic mass is 16.6. The van der Waals surface area contributed by atoms with Crippen molar-refractivity contribution >= 4 is 23.6 Å². The zero-order chi connectivity index (χ0) is 31.4. The van der Waals surface area contributed by atoms with Crippen LogP contribution >= 0.6 is 0 Å². The highest BCUT2D eigenvalue weighted by Gasteiger charge is 2.41. The first-order valence-electron chi connectivity index (χ1n) is 14.5. The third kappa shape index (κ3) is 7.15. The second-order valence-electron chi connectivity index (χ2n) is 11.5. The standard InChI is InChI=1S/C31H41N3O9/c1-16-12-19-25(34-10-7-11-34)22(35)15-21(26(19)36)33-29(37)17(2)8-6-9-23(40-4)28(43-31(32)39)20-14-18(3)27(42-30(20)38)24(13-16)41-5/h6,8-9,14-16,18,23-24,27-28,30,38H,7,10-13H2,1-5H3,(H2,32,39)(H,33,37)/b9-6-,17-8+/t16-,18?,23+,24+,27+,28?,30?/m1/s1. The predicted molar refractivity (Wildman–Crippen MR) is 155 cm³/mol. The SMILES string of the molecule is CO[C@H]1/C=C\C=C(/C)C(=O)NC2=CC(=O)C(N3CCC3)=C(C[C@@H](C)C[C@H](OC)[C@H]3OC(O)C(=CC3C)C1OC(N)=O)C2=O. The minimum Gasteiger partial charge on any atom is -0.439 e. The van der Waals surface area contributed by atoms with E-state index in [-0.39, 0.29) is 40.9 Å². The maximum atomic E-state index is 13.7. The minimum absolute atomic E-state index is 0.0752. The lowest BCUT2D eigenvalue weighted by Gasteiger charge is -2.40. The number of Topliss-reactive ketones (excluding diaryl/α,β-unsaturated/α-hetero) is 1. The number of nitrogens with zero attached hydrogens (tertiary/aromatic N) is 1. The Morgan fingerprint density at radius 3 is 2.49 bits per heavy atom. The topological polar surface area (TPSA) is 167 Å². The van der Waals surface area contributed by atoms with Crippen LogP contribution < -0.4 is 11.1 Å². The van der Waals surface area contributed by atoms with E-state index in [4.69, 9.17) is 24.7 Å². The number of ketones is 2. The molecule has 12 nitrogen and oxygen atoms in total. The summed E-state index contributed by atoms with van der Waals surface area (Å²) >= 11 is 0. The monoisotopic (exact) mass is 599 g/mol. The zero-order valence-corrected chi connectivity index (χ0v) is 25.2. The van der Waals surface area contributed by atoms with Gasteiger partial charge in [0, 0.05) is 56.0 Å². The molecule has 4 heterocycles. The molecule has 0 aromatic heterocycles. The van der Waals surface area contributed by atoms with Gasteiger partial charge in [0.05, 0.1) is 23.6 Å². The van der Waals surface area contributed by atoms with Gasteiger partial charge >= 0.3 is 6.09 Å². The second-order valence-corrected chi connectivity index (χ2v) is 11.5. The minimum atomic E-state index is -1.46. The number of allylic oxidation sites excluding steroid dienone is 4. The first kappa shape index (κ1) is 32.3. The summed E-state index contributed by atoms with van der Waals surface area (Å²) < 4.78 is 22.8. The fraction of sp³-hybridized carbons (Fsp3) is 0.548.